The molecule has 3 aromatic rings. The molecule has 0 saturated carbocycles. The molecule has 0 atom stereocenters. The van der Waals surface area contributed by atoms with Gasteiger partial charge < -0.3 is 5.32 Å². The van der Waals surface area contributed by atoms with Crippen LogP contribution in [0, 0.1) is 0 Å². The van der Waals surface area contributed by atoms with Gasteiger partial charge in [0.2, 0.25) is 5.91 Å². The highest BCUT2D eigenvalue weighted by Gasteiger charge is 2.07. The van der Waals surface area contributed by atoms with E-state index in [-0.39, 0.29) is 24.4 Å². The maximum Gasteiger partial charge on any atom is 0.261 e. The third kappa shape index (κ3) is 4.71. The quantitative estimate of drug-likeness (QED) is 0.645. The Hall–Kier alpha value is -2.18. The van der Waals surface area contributed by atoms with Crippen molar-refractivity contribution in [2.24, 2.45) is 0 Å². The summed E-state index contributed by atoms with van der Waals surface area (Å²) in [6.45, 7) is 0.814. The molecule has 0 spiro atoms. The fourth-order valence-corrected chi connectivity index (χ4v) is 3.21. The van der Waals surface area contributed by atoms with E-state index < -0.39 is 0 Å². The van der Waals surface area contributed by atoms with Crippen LogP contribution in [-0.4, -0.2) is 22.0 Å². The average molecular weight is 435 g/mol. The molecule has 2 aromatic carbocycles. The number of nitrogens with zero attached hydrogens (tertiary/aromatic N) is 2. The second-order valence-electron chi connectivity index (χ2n) is 5.88. The van der Waals surface area contributed by atoms with Gasteiger partial charge in [0.05, 0.1) is 17.2 Å². The minimum atomic E-state index is -0.150. The molecule has 1 N–H and O–H groups in total. The van der Waals surface area contributed by atoms with Gasteiger partial charge >= 0.3 is 0 Å². The molecule has 0 aliphatic carbocycles. The van der Waals surface area contributed by atoms with Crippen molar-refractivity contribution >= 4 is 44.3 Å². The van der Waals surface area contributed by atoms with Crippen molar-refractivity contribution < 1.29 is 4.79 Å². The summed E-state index contributed by atoms with van der Waals surface area (Å²) in [4.78, 5) is 28.8. The third-order valence-corrected chi connectivity index (χ3v) is 4.72. The van der Waals surface area contributed by atoms with Crippen molar-refractivity contribution in [1.82, 2.24) is 14.9 Å². The van der Waals surface area contributed by atoms with Crippen molar-refractivity contribution in [2.75, 3.05) is 6.54 Å². The number of aryl methyl sites for hydroxylation is 1. The highest BCUT2D eigenvalue weighted by Crippen LogP contribution is 2.15. The topological polar surface area (TPSA) is 64.0 Å². The van der Waals surface area contributed by atoms with Crippen molar-refractivity contribution in [3.63, 3.8) is 0 Å². The number of carbonyl (C=O) groups excluding carboxylic acids is 1. The number of hydrogen-bond acceptors (Lipinski definition) is 3. The monoisotopic (exact) mass is 433 g/mol. The number of rotatable bonds is 6. The normalized spacial score (nSPS) is 10.8. The minimum Gasteiger partial charge on any atom is -0.356 e. The van der Waals surface area contributed by atoms with Crippen LogP contribution in [0.5, 0.6) is 0 Å². The molecular formula is C19H17BrClN3O2. The summed E-state index contributed by atoms with van der Waals surface area (Å²) in [5.74, 6) is -0.103. The molecule has 0 unspecified atom stereocenters. The van der Waals surface area contributed by atoms with Gasteiger partial charge in [-0.25, -0.2) is 4.98 Å². The average Bonchev–Trinajstić information content (AvgIpc) is 2.62. The summed E-state index contributed by atoms with van der Waals surface area (Å²) in [7, 11) is 0. The molecule has 0 radical (unpaired) electrons. The molecule has 0 saturated heterocycles. The Bertz CT molecular complexity index is 1000. The number of amides is 1. The minimum absolute atomic E-state index is 0.103. The van der Waals surface area contributed by atoms with E-state index >= 15 is 0 Å². The van der Waals surface area contributed by atoms with Crippen LogP contribution in [0.15, 0.2) is 58.1 Å². The van der Waals surface area contributed by atoms with Crippen LogP contribution in [-0.2, 0) is 17.8 Å². The van der Waals surface area contributed by atoms with Gasteiger partial charge in [-0.2, -0.15) is 0 Å². The first-order valence-corrected chi connectivity index (χ1v) is 9.36. The van der Waals surface area contributed by atoms with Crippen LogP contribution in [0.3, 0.4) is 0 Å². The standard InChI is InChI=1S/C19H17BrClN3O2/c20-14-4-5-17-16(11-14)19(26)24(12-23-17)9-7-18(25)22-8-6-13-2-1-3-15(21)10-13/h1-5,10-12H,6-9H2,(H,22,25). The summed E-state index contributed by atoms with van der Waals surface area (Å²) in [5, 5.41) is 4.08. The van der Waals surface area contributed by atoms with E-state index in [2.05, 4.69) is 26.2 Å². The van der Waals surface area contributed by atoms with Crippen molar-refractivity contribution in [3.05, 3.63) is 74.2 Å². The van der Waals surface area contributed by atoms with Crippen LogP contribution >= 0.6 is 27.5 Å². The Balaban J connectivity index is 1.55. The number of hydrogen-bond donors (Lipinski definition) is 1. The first-order valence-electron chi connectivity index (χ1n) is 8.19. The van der Waals surface area contributed by atoms with E-state index in [4.69, 9.17) is 11.6 Å². The maximum atomic E-state index is 12.5. The first kappa shape index (κ1) is 18.6. The smallest absolute Gasteiger partial charge is 0.261 e. The van der Waals surface area contributed by atoms with Gasteiger partial charge in [-0.05, 0) is 42.3 Å². The first-order chi connectivity index (χ1) is 12.5. The van der Waals surface area contributed by atoms with Crippen molar-refractivity contribution in [2.45, 2.75) is 19.4 Å². The van der Waals surface area contributed by atoms with E-state index in [0.29, 0.717) is 28.9 Å². The Morgan fingerprint density at radius 3 is 2.88 bits per heavy atom. The van der Waals surface area contributed by atoms with Gasteiger partial charge in [0.15, 0.2) is 0 Å². The fraction of sp³-hybridized carbons (Fsp3) is 0.211. The Morgan fingerprint density at radius 1 is 1.23 bits per heavy atom. The van der Waals surface area contributed by atoms with Crippen LogP contribution in [0.25, 0.3) is 10.9 Å². The predicted molar refractivity (Wildman–Crippen MR) is 106 cm³/mol. The van der Waals surface area contributed by atoms with Crippen LogP contribution in [0.2, 0.25) is 5.02 Å². The molecule has 3 rings (SSSR count). The lowest BCUT2D eigenvalue weighted by Gasteiger charge is -2.08. The number of benzene rings is 2. The molecule has 26 heavy (non-hydrogen) atoms. The van der Waals surface area contributed by atoms with E-state index in [1.807, 2.05) is 30.3 Å². The molecular weight excluding hydrogens is 418 g/mol. The van der Waals surface area contributed by atoms with E-state index in [1.54, 1.807) is 12.1 Å². The highest BCUT2D eigenvalue weighted by atomic mass is 79.9. The van der Waals surface area contributed by atoms with Crippen LogP contribution in [0.4, 0.5) is 0 Å². The molecule has 0 aliphatic rings. The fourth-order valence-electron chi connectivity index (χ4n) is 2.64. The zero-order valence-electron chi connectivity index (χ0n) is 13.9. The van der Waals surface area contributed by atoms with Gasteiger partial charge in [-0.1, -0.05) is 39.7 Å². The molecule has 0 bridgehead atoms. The molecule has 134 valence electrons. The molecule has 0 aliphatic heterocycles. The van der Waals surface area contributed by atoms with Gasteiger partial charge in [0.1, 0.15) is 0 Å². The van der Waals surface area contributed by atoms with Crippen molar-refractivity contribution in [1.29, 1.82) is 0 Å². The Kier molecular flexibility index (Phi) is 6.06. The number of nitrogens with one attached hydrogen (secondary N) is 1. The summed E-state index contributed by atoms with van der Waals surface area (Å²) < 4.78 is 2.28. The second kappa shape index (κ2) is 8.47. The Labute approximate surface area is 164 Å². The Morgan fingerprint density at radius 2 is 2.08 bits per heavy atom. The largest absolute Gasteiger partial charge is 0.356 e. The molecule has 1 aromatic heterocycles. The number of aromatic nitrogens is 2. The number of carbonyl (C=O) groups is 1. The summed E-state index contributed by atoms with van der Waals surface area (Å²) in [6, 6.07) is 12.9. The molecule has 5 nitrogen and oxygen atoms in total. The number of halogens is 2. The summed E-state index contributed by atoms with van der Waals surface area (Å²) in [6.07, 6.45) is 2.41. The molecule has 7 heteroatoms. The summed E-state index contributed by atoms with van der Waals surface area (Å²) in [5.41, 5.74) is 1.56. The predicted octanol–water partition coefficient (Wildman–Crippen LogP) is 3.56. The molecule has 1 amide bonds. The second-order valence-corrected chi connectivity index (χ2v) is 7.24. The zero-order chi connectivity index (χ0) is 18.5. The van der Waals surface area contributed by atoms with E-state index in [1.165, 1.54) is 10.9 Å². The lowest BCUT2D eigenvalue weighted by molar-refractivity contribution is -0.121. The molecule has 1 heterocycles. The zero-order valence-corrected chi connectivity index (χ0v) is 16.3. The number of fused-ring (bicyclic) bond motifs is 1. The van der Waals surface area contributed by atoms with Crippen LogP contribution < -0.4 is 10.9 Å². The van der Waals surface area contributed by atoms with E-state index in [0.717, 1.165) is 10.0 Å². The SMILES string of the molecule is O=C(CCn1cnc2ccc(Br)cc2c1=O)NCCc1cccc(Cl)c1. The van der Waals surface area contributed by atoms with Gasteiger partial charge in [0, 0.05) is 29.0 Å². The van der Waals surface area contributed by atoms with Gasteiger partial charge in [0.25, 0.3) is 5.56 Å². The van der Waals surface area contributed by atoms with Gasteiger partial charge in [-0.15, -0.1) is 0 Å². The molecule has 0 fully saturated rings. The van der Waals surface area contributed by atoms with E-state index in [9.17, 15) is 9.59 Å². The lowest BCUT2D eigenvalue weighted by atomic mass is 10.1. The van der Waals surface area contributed by atoms with Crippen molar-refractivity contribution in [3.8, 4) is 0 Å². The maximum absolute atomic E-state index is 12.5. The highest BCUT2D eigenvalue weighted by molar-refractivity contribution is 9.10. The lowest BCUT2D eigenvalue weighted by Crippen LogP contribution is -2.29. The van der Waals surface area contributed by atoms with Gasteiger partial charge in [-0.3, -0.25) is 14.2 Å². The third-order valence-electron chi connectivity index (χ3n) is 3.99. The summed E-state index contributed by atoms with van der Waals surface area (Å²) >= 11 is 9.30. The van der Waals surface area contributed by atoms with Crippen LogP contribution in [0.1, 0.15) is 12.0 Å².